The zero-order chi connectivity index (χ0) is 13.7. The lowest BCUT2D eigenvalue weighted by molar-refractivity contribution is 1.09. The fourth-order valence-corrected chi connectivity index (χ4v) is 1.64. The quantitative estimate of drug-likeness (QED) is 0.848. The maximum Gasteiger partial charge on any atom is 0.0991 e. The van der Waals surface area contributed by atoms with E-state index in [1.807, 2.05) is 36.3 Å². The Bertz CT molecular complexity index is 630. The highest BCUT2D eigenvalue weighted by molar-refractivity contribution is 5.56. The van der Waals surface area contributed by atoms with Gasteiger partial charge in [0, 0.05) is 7.05 Å². The number of hydrazine groups is 1. The monoisotopic (exact) mass is 248 g/mol. The lowest BCUT2D eigenvalue weighted by Crippen LogP contribution is -2.24. The van der Waals surface area contributed by atoms with Gasteiger partial charge in [-0.1, -0.05) is 0 Å². The third kappa shape index (κ3) is 3.02. The van der Waals surface area contributed by atoms with Gasteiger partial charge in [-0.3, -0.25) is 10.4 Å². The molecule has 2 aromatic carbocycles. The molecular weight excluding hydrogens is 236 g/mol. The van der Waals surface area contributed by atoms with E-state index in [0.717, 1.165) is 11.4 Å². The summed E-state index contributed by atoms with van der Waals surface area (Å²) in [6.45, 7) is 0. The zero-order valence-corrected chi connectivity index (χ0v) is 10.5. The Morgan fingerprint density at radius 1 is 0.842 bits per heavy atom. The van der Waals surface area contributed by atoms with E-state index in [0.29, 0.717) is 11.1 Å². The van der Waals surface area contributed by atoms with Crippen LogP contribution in [0.1, 0.15) is 11.1 Å². The number of hydrogen-bond donors (Lipinski definition) is 1. The highest BCUT2D eigenvalue weighted by Gasteiger charge is 2.01. The van der Waals surface area contributed by atoms with Crippen molar-refractivity contribution in [1.29, 1.82) is 10.5 Å². The van der Waals surface area contributed by atoms with Gasteiger partial charge in [-0.05, 0) is 48.5 Å². The SMILES string of the molecule is CN(Nc1ccc(C#N)cc1)c1ccc(C#N)cc1. The molecule has 2 aromatic rings. The summed E-state index contributed by atoms with van der Waals surface area (Å²) in [6, 6.07) is 18.7. The first-order valence-electron chi connectivity index (χ1n) is 5.73. The van der Waals surface area contributed by atoms with Gasteiger partial charge in [0.2, 0.25) is 0 Å². The normalized spacial score (nSPS) is 9.21. The van der Waals surface area contributed by atoms with Gasteiger partial charge in [-0.15, -0.1) is 0 Å². The van der Waals surface area contributed by atoms with Crippen molar-refractivity contribution in [2.45, 2.75) is 0 Å². The number of nitrogens with one attached hydrogen (secondary N) is 1. The Morgan fingerprint density at radius 2 is 1.32 bits per heavy atom. The number of nitriles is 2. The molecule has 0 aliphatic heterocycles. The van der Waals surface area contributed by atoms with Crippen molar-refractivity contribution in [3.05, 3.63) is 59.7 Å². The lowest BCUT2D eigenvalue weighted by atomic mass is 10.2. The van der Waals surface area contributed by atoms with Crippen LogP contribution >= 0.6 is 0 Å². The Morgan fingerprint density at radius 3 is 1.79 bits per heavy atom. The van der Waals surface area contributed by atoms with Crippen molar-refractivity contribution < 1.29 is 0 Å². The molecule has 0 radical (unpaired) electrons. The van der Waals surface area contributed by atoms with E-state index < -0.39 is 0 Å². The minimum Gasteiger partial charge on any atom is -0.299 e. The molecule has 19 heavy (non-hydrogen) atoms. The van der Waals surface area contributed by atoms with Crippen LogP contribution in [0.4, 0.5) is 11.4 Å². The van der Waals surface area contributed by atoms with E-state index in [4.69, 9.17) is 10.5 Å². The fourth-order valence-electron chi connectivity index (χ4n) is 1.64. The average molecular weight is 248 g/mol. The van der Waals surface area contributed by atoms with Crippen LogP contribution in [0.5, 0.6) is 0 Å². The second-order valence-electron chi connectivity index (χ2n) is 4.02. The average Bonchev–Trinajstić information content (AvgIpc) is 2.48. The van der Waals surface area contributed by atoms with E-state index in [-0.39, 0.29) is 0 Å². The summed E-state index contributed by atoms with van der Waals surface area (Å²) in [4.78, 5) is 0. The smallest absolute Gasteiger partial charge is 0.0991 e. The number of benzene rings is 2. The third-order valence-corrected chi connectivity index (χ3v) is 2.69. The second-order valence-corrected chi connectivity index (χ2v) is 4.02. The molecule has 0 unspecified atom stereocenters. The summed E-state index contributed by atoms with van der Waals surface area (Å²) in [5.74, 6) is 0. The van der Waals surface area contributed by atoms with Gasteiger partial charge in [0.1, 0.15) is 0 Å². The first-order valence-corrected chi connectivity index (χ1v) is 5.73. The van der Waals surface area contributed by atoms with Crippen LogP contribution in [0.2, 0.25) is 0 Å². The fraction of sp³-hybridized carbons (Fsp3) is 0.0667. The second kappa shape index (κ2) is 5.57. The van der Waals surface area contributed by atoms with Gasteiger partial charge >= 0.3 is 0 Å². The minimum absolute atomic E-state index is 0.631. The Labute approximate surface area is 112 Å². The lowest BCUT2D eigenvalue weighted by Gasteiger charge is -2.21. The van der Waals surface area contributed by atoms with Gasteiger partial charge in [-0.25, -0.2) is 0 Å². The van der Waals surface area contributed by atoms with Crippen LogP contribution in [0.25, 0.3) is 0 Å². The van der Waals surface area contributed by atoms with Crippen molar-refractivity contribution in [3.63, 3.8) is 0 Å². The number of hydrogen-bond acceptors (Lipinski definition) is 4. The maximum atomic E-state index is 8.75. The summed E-state index contributed by atoms with van der Waals surface area (Å²) in [5, 5.41) is 19.3. The molecule has 0 amide bonds. The molecule has 0 saturated heterocycles. The highest BCUT2D eigenvalue weighted by atomic mass is 15.5. The third-order valence-electron chi connectivity index (χ3n) is 2.69. The van der Waals surface area contributed by atoms with Crippen LogP contribution in [0.15, 0.2) is 48.5 Å². The van der Waals surface area contributed by atoms with E-state index in [9.17, 15) is 0 Å². The molecule has 4 nitrogen and oxygen atoms in total. The van der Waals surface area contributed by atoms with Crippen molar-refractivity contribution in [3.8, 4) is 12.1 Å². The standard InChI is InChI=1S/C15H12N4/c1-19(15-8-4-13(11-17)5-9-15)18-14-6-2-12(10-16)3-7-14/h2-9,18H,1H3. The van der Waals surface area contributed by atoms with Crippen molar-refractivity contribution in [1.82, 2.24) is 0 Å². The van der Waals surface area contributed by atoms with Gasteiger partial charge in [0.05, 0.1) is 34.6 Å². The van der Waals surface area contributed by atoms with E-state index in [1.54, 1.807) is 24.3 Å². The van der Waals surface area contributed by atoms with Crippen LogP contribution in [0.3, 0.4) is 0 Å². The first-order chi connectivity index (χ1) is 9.22. The number of nitrogens with zero attached hydrogens (tertiary/aromatic N) is 3. The van der Waals surface area contributed by atoms with Gasteiger partial charge in [0.25, 0.3) is 0 Å². The molecule has 0 bridgehead atoms. The summed E-state index contributed by atoms with van der Waals surface area (Å²) < 4.78 is 0. The Kier molecular flexibility index (Phi) is 3.66. The summed E-state index contributed by atoms with van der Waals surface area (Å²) in [5.41, 5.74) is 6.30. The van der Waals surface area contributed by atoms with Crippen LogP contribution < -0.4 is 10.4 Å². The molecule has 0 aliphatic carbocycles. The maximum absolute atomic E-state index is 8.75. The van der Waals surface area contributed by atoms with Gasteiger partial charge in [0.15, 0.2) is 0 Å². The van der Waals surface area contributed by atoms with E-state index in [2.05, 4.69) is 17.6 Å². The predicted molar refractivity (Wildman–Crippen MR) is 74.3 cm³/mol. The molecule has 4 heteroatoms. The van der Waals surface area contributed by atoms with Gasteiger partial charge in [-0.2, -0.15) is 10.5 Å². The molecule has 0 spiro atoms. The summed E-state index contributed by atoms with van der Waals surface area (Å²) in [6.07, 6.45) is 0. The molecule has 0 aliphatic rings. The highest BCUT2D eigenvalue weighted by Crippen LogP contribution is 2.16. The molecule has 0 fully saturated rings. The van der Waals surface area contributed by atoms with Crippen molar-refractivity contribution in [2.75, 3.05) is 17.5 Å². The molecule has 0 heterocycles. The Balaban J connectivity index is 2.09. The summed E-state index contributed by atoms with van der Waals surface area (Å²) in [7, 11) is 1.89. The van der Waals surface area contributed by atoms with E-state index >= 15 is 0 Å². The van der Waals surface area contributed by atoms with Crippen LogP contribution in [-0.4, -0.2) is 7.05 Å². The van der Waals surface area contributed by atoms with Crippen molar-refractivity contribution >= 4 is 11.4 Å². The van der Waals surface area contributed by atoms with E-state index in [1.165, 1.54) is 0 Å². The van der Waals surface area contributed by atoms with Crippen LogP contribution in [0, 0.1) is 22.7 Å². The molecular formula is C15H12N4. The van der Waals surface area contributed by atoms with Crippen molar-refractivity contribution in [2.24, 2.45) is 0 Å². The molecule has 0 aromatic heterocycles. The molecule has 0 atom stereocenters. The first kappa shape index (κ1) is 12.5. The van der Waals surface area contributed by atoms with Crippen LogP contribution in [-0.2, 0) is 0 Å². The minimum atomic E-state index is 0.631. The molecule has 2 rings (SSSR count). The molecule has 0 saturated carbocycles. The molecule has 1 N–H and O–H groups in total. The topological polar surface area (TPSA) is 62.9 Å². The summed E-state index contributed by atoms with van der Waals surface area (Å²) >= 11 is 0. The van der Waals surface area contributed by atoms with Gasteiger partial charge < -0.3 is 0 Å². The Hall–Kier alpha value is -2.98. The number of anilines is 2. The zero-order valence-electron chi connectivity index (χ0n) is 10.5. The predicted octanol–water partition coefficient (Wildman–Crippen LogP) is 2.89. The number of rotatable bonds is 3. The largest absolute Gasteiger partial charge is 0.299 e. The molecule has 92 valence electrons.